The van der Waals surface area contributed by atoms with Gasteiger partial charge in [0.1, 0.15) is 5.76 Å². The predicted molar refractivity (Wildman–Crippen MR) is 69.9 cm³/mol. The van der Waals surface area contributed by atoms with Crippen LogP contribution in [0.1, 0.15) is 44.1 Å². The summed E-state index contributed by atoms with van der Waals surface area (Å²) in [5.74, 6) is 1.80. The Bertz CT molecular complexity index is 481. The quantitative estimate of drug-likeness (QED) is 0.595. The van der Waals surface area contributed by atoms with Crippen molar-refractivity contribution in [3.05, 3.63) is 47.2 Å². The van der Waals surface area contributed by atoms with Crippen LogP contribution in [0, 0.1) is 5.92 Å². The lowest BCUT2D eigenvalue weighted by molar-refractivity contribution is -0.137. The first-order valence-corrected chi connectivity index (χ1v) is 6.71. The fraction of sp³-hybridized carbons (Fsp3) is 0.438. The summed E-state index contributed by atoms with van der Waals surface area (Å²) in [7, 11) is 0. The van der Waals surface area contributed by atoms with E-state index in [1.54, 1.807) is 0 Å². The fourth-order valence-corrected chi connectivity index (χ4v) is 2.72. The van der Waals surface area contributed by atoms with Gasteiger partial charge in [0.25, 0.3) is 0 Å². The van der Waals surface area contributed by atoms with Crippen LogP contribution in [0.3, 0.4) is 0 Å². The Kier molecular flexibility index (Phi) is 2.94. The van der Waals surface area contributed by atoms with Crippen molar-refractivity contribution in [1.82, 2.24) is 0 Å². The maximum absolute atomic E-state index is 11.2. The Labute approximate surface area is 108 Å². The van der Waals surface area contributed by atoms with Crippen LogP contribution in [0.5, 0.6) is 0 Å². The second-order valence-electron chi connectivity index (χ2n) is 5.27. The highest BCUT2D eigenvalue weighted by molar-refractivity contribution is 5.67. The summed E-state index contributed by atoms with van der Waals surface area (Å²) in [6, 6.07) is 10.5. The molecule has 2 fully saturated rings. The van der Waals surface area contributed by atoms with Crippen molar-refractivity contribution >= 4 is 5.97 Å². The van der Waals surface area contributed by atoms with Crippen molar-refractivity contribution in [3.63, 3.8) is 0 Å². The number of hydrogen-bond acceptors (Lipinski definition) is 2. The van der Waals surface area contributed by atoms with Gasteiger partial charge in [0.05, 0.1) is 0 Å². The van der Waals surface area contributed by atoms with Crippen molar-refractivity contribution in [2.24, 2.45) is 5.92 Å². The molecule has 0 N–H and O–H groups in total. The Morgan fingerprint density at radius 2 is 1.94 bits per heavy atom. The number of allylic oxidation sites excluding steroid dienone is 2. The van der Waals surface area contributed by atoms with Crippen LogP contribution in [0.4, 0.5) is 0 Å². The standard InChI is InChI=1S/C16H18O2/c1-11(17)18-16(13-8-5-9-13)15-10-14(15)12-6-3-2-4-7-12/h2-4,6-7,14-15H,5,8-10H2,1H3. The molecule has 0 aromatic heterocycles. The molecule has 2 nitrogen and oxygen atoms in total. The minimum Gasteiger partial charge on any atom is -0.431 e. The molecule has 0 heterocycles. The molecule has 2 unspecified atom stereocenters. The van der Waals surface area contributed by atoms with Gasteiger partial charge >= 0.3 is 5.97 Å². The minimum absolute atomic E-state index is 0.178. The van der Waals surface area contributed by atoms with E-state index >= 15 is 0 Å². The maximum atomic E-state index is 11.2. The first kappa shape index (κ1) is 11.5. The average molecular weight is 242 g/mol. The second kappa shape index (κ2) is 4.60. The summed E-state index contributed by atoms with van der Waals surface area (Å²) in [6.45, 7) is 1.50. The molecule has 0 spiro atoms. The third kappa shape index (κ3) is 2.20. The van der Waals surface area contributed by atoms with E-state index < -0.39 is 0 Å². The summed E-state index contributed by atoms with van der Waals surface area (Å²) < 4.78 is 5.47. The predicted octanol–water partition coefficient (Wildman–Crippen LogP) is 3.79. The highest BCUT2D eigenvalue weighted by Crippen LogP contribution is 2.54. The molecular weight excluding hydrogens is 224 g/mol. The Hall–Kier alpha value is -1.57. The lowest BCUT2D eigenvalue weighted by Crippen LogP contribution is -2.10. The van der Waals surface area contributed by atoms with Gasteiger partial charge in [0.2, 0.25) is 0 Å². The Balaban J connectivity index is 1.77. The molecule has 2 saturated carbocycles. The molecule has 2 heteroatoms. The summed E-state index contributed by atoms with van der Waals surface area (Å²) in [4.78, 5) is 11.2. The van der Waals surface area contributed by atoms with E-state index in [1.807, 2.05) is 6.07 Å². The zero-order valence-corrected chi connectivity index (χ0v) is 10.7. The van der Waals surface area contributed by atoms with E-state index in [9.17, 15) is 4.79 Å². The minimum atomic E-state index is -0.178. The van der Waals surface area contributed by atoms with Gasteiger partial charge in [0.15, 0.2) is 0 Å². The average Bonchev–Trinajstić information content (AvgIpc) is 3.06. The molecule has 18 heavy (non-hydrogen) atoms. The number of carbonyl (C=O) groups excluding carboxylic acids is 1. The van der Waals surface area contributed by atoms with Crippen LogP contribution in [-0.4, -0.2) is 5.97 Å². The molecule has 0 radical (unpaired) electrons. The highest BCUT2D eigenvalue weighted by Gasteiger charge is 2.44. The molecule has 0 bridgehead atoms. The van der Waals surface area contributed by atoms with Gasteiger partial charge in [-0.2, -0.15) is 0 Å². The van der Waals surface area contributed by atoms with E-state index in [-0.39, 0.29) is 5.97 Å². The molecule has 1 aromatic carbocycles. The molecule has 0 aliphatic heterocycles. The maximum Gasteiger partial charge on any atom is 0.307 e. The number of benzene rings is 1. The van der Waals surface area contributed by atoms with E-state index in [0.717, 1.165) is 25.0 Å². The van der Waals surface area contributed by atoms with Gasteiger partial charge in [0, 0.05) is 12.8 Å². The van der Waals surface area contributed by atoms with E-state index in [2.05, 4.69) is 24.3 Å². The molecule has 1 aromatic rings. The van der Waals surface area contributed by atoms with Crippen LogP contribution < -0.4 is 0 Å². The van der Waals surface area contributed by atoms with Crippen molar-refractivity contribution in [1.29, 1.82) is 0 Å². The third-order valence-electron chi connectivity index (χ3n) is 3.91. The van der Waals surface area contributed by atoms with Gasteiger partial charge in [-0.25, -0.2) is 0 Å². The molecule has 0 saturated heterocycles. The van der Waals surface area contributed by atoms with Crippen molar-refractivity contribution in [3.8, 4) is 0 Å². The first-order chi connectivity index (χ1) is 8.75. The molecule has 2 atom stereocenters. The van der Waals surface area contributed by atoms with Crippen molar-refractivity contribution in [2.75, 3.05) is 0 Å². The zero-order chi connectivity index (χ0) is 12.5. The van der Waals surface area contributed by atoms with Gasteiger partial charge in [-0.3, -0.25) is 4.79 Å². The first-order valence-electron chi connectivity index (χ1n) is 6.71. The van der Waals surface area contributed by atoms with Gasteiger partial charge in [-0.15, -0.1) is 0 Å². The number of carbonyl (C=O) groups is 1. The topological polar surface area (TPSA) is 26.3 Å². The molecule has 94 valence electrons. The van der Waals surface area contributed by atoms with E-state index in [4.69, 9.17) is 4.74 Å². The molecule has 2 aliphatic rings. The summed E-state index contributed by atoms with van der Waals surface area (Å²) >= 11 is 0. The molecular formula is C16H18O2. The largest absolute Gasteiger partial charge is 0.431 e. The van der Waals surface area contributed by atoms with Crippen LogP contribution in [0.15, 0.2) is 41.7 Å². The van der Waals surface area contributed by atoms with Gasteiger partial charge in [-0.05, 0) is 42.7 Å². The van der Waals surface area contributed by atoms with E-state index in [1.165, 1.54) is 24.5 Å². The van der Waals surface area contributed by atoms with E-state index in [0.29, 0.717) is 11.8 Å². The van der Waals surface area contributed by atoms with Crippen LogP contribution in [0.2, 0.25) is 0 Å². The van der Waals surface area contributed by atoms with Gasteiger partial charge in [-0.1, -0.05) is 30.3 Å². The number of rotatable bonds is 3. The monoisotopic (exact) mass is 242 g/mol. The SMILES string of the molecule is CC(=O)OC(=C1CCC1)C1CC1c1ccccc1. The molecule has 2 aliphatic carbocycles. The second-order valence-corrected chi connectivity index (χ2v) is 5.27. The number of esters is 1. The lowest BCUT2D eigenvalue weighted by Gasteiger charge is -2.21. The van der Waals surface area contributed by atoms with Crippen molar-refractivity contribution in [2.45, 2.75) is 38.5 Å². The number of hydrogen-bond donors (Lipinski definition) is 0. The Morgan fingerprint density at radius 3 is 2.50 bits per heavy atom. The zero-order valence-electron chi connectivity index (χ0n) is 10.7. The summed E-state index contributed by atoms with van der Waals surface area (Å²) in [6.07, 6.45) is 4.58. The summed E-state index contributed by atoms with van der Waals surface area (Å²) in [5.41, 5.74) is 2.74. The smallest absolute Gasteiger partial charge is 0.307 e. The van der Waals surface area contributed by atoms with Gasteiger partial charge < -0.3 is 4.74 Å². The lowest BCUT2D eigenvalue weighted by atomic mass is 9.89. The van der Waals surface area contributed by atoms with Crippen LogP contribution in [-0.2, 0) is 9.53 Å². The van der Waals surface area contributed by atoms with Crippen molar-refractivity contribution < 1.29 is 9.53 Å². The highest BCUT2D eigenvalue weighted by atomic mass is 16.5. The normalized spacial score (nSPS) is 25.3. The Morgan fingerprint density at radius 1 is 1.22 bits per heavy atom. The van der Waals surface area contributed by atoms with Crippen LogP contribution >= 0.6 is 0 Å². The number of ether oxygens (including phenoxy) is 1. The fourth-order valence-electron chi connectivity index (χ4n) is 2.72. The van der Waals surface area contributed by atoms with Crippen LogP contribution in [0.25, 0.3) is 0 Å². The molecule has 3 rings (SSSR count). The summed E-state index contributed by atoms with van der Waals surface area (Å²) in [5, 5.41) is 0. The third-order valence-corrected chi connectivity index (χ3v) is 3.91. The molecule has 0 amide bonds.